The molecule has 3 unspecified atom stereocenters. The fraction of sp³-hybridized carbons (Fsp3) is 0.432. The van der Waals surface area contributed by atoms with Crippen molar-refractivity contribution in [3.8, 4) is 11.1 Å². The second-order valence-electron chi connectivity index (χ2n) is 13.7. The van der Waals surface area contributed by atoms with Crippen LogP contribution in [0, 0.1) is 24.7 Å². The van der Waals surface area contributed by atoms with Gasteiger partial charge in [0.1, 0.15) is 11.6 Å². The van der Waals surface area contributed by atoms with Crippen molar-refractivity contribution in [1.82, 2.24) is 0 Å². The molecule has 0 radical (unpaired) electrons. The van der Waals surface area contributed by atoms with Crippen LogP contribution in [0.4, 0.5) is 0 Å². The van der Waals surface area contributed by atoms with E-state index < -0.39 is 0 Å². The van der Waals surface area contributed by atoms with Crippen LogP contribution in [0.25, 0.3) is 16.7 Å². The number of rotatable bonds is 13. The molecule has 2 aliphatic carbocycles. The molecule has 47 heavy (non-hydrogen) atoms. The fourth-order valence-electron chi connectivity index (χ4n) is 7.59. The summed E-state index contributed by atoms with van der Waals surface area (Å²) >= 11 is 0. The van der Waals surface area contributed by atoms with Crippen LogP contribution in [0.15, 0.2) is 84.5 Å². The summed E-state index contributed by atoms with van der Waals surface area (Å²) in [5, 5.41) is 0. The largest absolute Gasteiger partial charge is 0.300 e. The summed E-state index contributed by atoms with van der Waals surface area (Å²) < 4.78 is 0. The molecule has 0 N–H and O–H groups in total. The van der Waals surface area contributed by atoms with Gasteiger partial charge in [-0.15, -0.1) is 0 Å². The second-order valence-corrected chi connectivity index (χ2v) is 13.7. The average molecular weight is 631 g/mol. The highest BCUT2D eigenvalue weighted by atomic mass is 16.1. The van der Waals surface area contributed by atoms with E-state index in [1.165, 1.54) is 46.7 Å². The number of benzene rings is 3. The molecule has 3 atom stereocenters. The van der Waals surface area contributed by atoms with Gasteiger partial charge in [0, 0.05) is 17.9 Å². The summed E-state index contributed by atoms with van der Waals surface area (Å²) in [4.78, 5) is 38.2. The molecule has 0 spiro atoms. The summed E-state index contributed by atoms with van der Waals surface area (Å²) in [7, 11) is 0. The Morgan fingerprint density at radius 3 is 2.15 bits per heavy atom. The normalized spacial score (nSPS) is 16.7. The first-order valence-corrected chi connectivity index (χ1v) is 17.9. The summed E-state index contributed by atoms with van der Waals surface area (Å²) in [6.07, 6.45) is 12.7. The molecule has 3 heteroatoms. The minimum absolute atomic E-state index is 0.0289. The summed E-state index contributed by atoms with van der Waals surface area (Å²) in [5.41, 5.74) is 10.8. The number of hydrogen-bond acceptors (Lipinski definition) is 3. The van der Waals surface area contributed by atoms with Crippen molar-refractivity contribution < 1.29 is 14.4 Å². The monoisotopic (exact) mass is 630 g/mol. The summed E-state index contributed by atoms with van der Waals surface area (Å²) in [6, 6.07) is 23.7. The fourth-order valence-corrected chi connectivity index (χ4v) is 7.59. The van der Waals surface area contributed by atoms with Gasteiger partial charge in [0.2, 0.25) is 0 Å². The van der Waals surface area contributed by atoms with Gasteiger partial charge in [0.05, 0.1) is 6.42 Å². The summed E-state index contributed by atoms with van der Waals surface area (Å²) in [6.45, 7) is 12.1. The van der Waals surface area contributed by atoms with Crippen LogP contribution in [-0.2, 0) is 22.4 Å². The lowest BCUT2D eigenvalue weighted by atomic mass is 9.71. The number of carbonyl (C=O) groups excluding carboxylic acids is 3. The number of allylic oxidation sites excluding steroid dienone is 4. The smallest absolute Gasteiger partial charge is 0.163 e. The lowest BCUT2D eigenvalue weighted by Gasteiger charge is -2.32. The molecule has 0 fully saturated rings. The highest BCUT2D eigenvalue weighted by Gasteiger charge is 2.33. The topological polar surface area (TPSA) is 51.2 Å². The average Bonchev–Trinajstić information content (AvgIpc) is 3.52. The number of fused-ring (bicyclic) bond motifs is 1. The molecule has 248 valence electrons. The maximum atomic E-state index is 13.6. The molecule has 0 heterocycles. The third-order valence-corrected chi connectivity index (χ3v) is 9.75. The zero-order chi connectivity index (χ0) is 33.9. The van der Waals surface area contributed by atoms with Crippen molar-refractivity contribution in [2.75, 3.05) is 0 Å². The van der Waals surface area contributed by atoms with Crippen LogP contribution in [0.1, 0.15) is 119 Å². The molecule has 3 aromatic rings. The van der Waals surface area contributed by atoms with E-state index >= 15 is 0 Å². The Morgan fingerprint density at radius 1 is 0.851 bits per heavy atom. The van der Waals surface area contributed by atoms with E-state index in [9.17, 15) is 14.4 Å². The van der Waals surface area contributed by atoms with Gasteiger partial charge in [-0.05, 0) is 96.7 Å². The van der Waals surface area contributed by atoms with Gasteiger partial charge in [-0.25, -0.2) is 0 Å². The van der Waals surface area contributed by atoms with Crippen molar-refractivity contribution in [3.63, 3.8) is 0 Å². The van der Waals surface area contributed by atoms with Crippen LogP contribution in [0.3, 0.4) is 0 Å². The molecule has 2 aliphatic rings. The van der Waals surface area contributed by atoms with Gasteiger partial charge in [-0.3, -0.25) is 14.4 Å². The van der Waals surface area contributed by atoms with E-state index in [2.05, 4.69) is 107 Å². The number of ketones is 3. The zero-order valence-electron chi connectivity index (χ0n) is 29.5. The number of carbonyl (C=O) groups is 3. The van der Waals surface area contributed by atoms with Gasteiger partial charge in [-0.2, -0.15) is 0 Å². The molecule has 5 rings (SSSR count). The third-order valence-electron chi connectivity index (χ3n) is 9.75. The van der Waals surface area contributed by atoms with Crippen LogP contribution < -0.4 is 0 Å². The molecule has 0 aromatic heterocycles. The molecular weight excluding hydrogens is 576 g/mol. The first kappa shape index (κ1) is 36.0. The Balaban J connectivity index is 0.00000160. The molecule has 3 nitrogen and oxygen atoms in total. The SMILES string of the molecule is CCC.CCCC(CC1CC(=O)c2c(ccc(CC3=CC(c4ccc(-c5ccccc5)cc4)=CC3)c2C)C1)C(CC)C(=O)CC(C)=O. The summed E-state index contributed by atoms with van der Waals surface area (Å²) in [5.74, 6) is 0.626. The van der Waals surface area contributed by atoms with Gasteiger partial charge in [0.25, 0.3) is 0 Å². The lowest BCUT2D eigenvalue weighted by molar-refractivity contribution is -0.129. The standard InChI is InChI=1S/C41H46O3.C3H8/c1-5-10-36(38(6-2)39(43)21-27(3)42)24-30-25-37-20-19-34(28(4)41(37)40(44)26-30)22-29-13-14-35(23-29)33-17-15-32(16-18-33)31-11-8-7-9-12-31;1-3-2/h7-9,11-12,14-20,23,30,36,38H,5-6,10,13,21-22,24-26H2,1-4H3;3H2,1-2H3. The molecule has 3 aromatic carbocycles. The van der Waals surface area contributed by atoms with Crippen molar-refractivity contribution in [2.45, 2.75) is 106 Å². The van der Waals surface area contributed by atoms with E-state index in [1.54, 1.807) is 0 Å². The third kappa shape index (κ3) is 9.37. The number of hydrogen-bond donors (Lipinski definition) is 0. The predicted molar refractivity (Wildman–Crippen MR) is 197 cm³/mol. The van der Waals surface area contributed by atoms with Gasteiger partial charge in [0.15, 0.2) is 5.78 Å². The molecule has 0 amide bonds. The van der Waals surface area contributed by atoms with E-state index in [-0.39, 0.29) is 41.5 Å². The Hall–Kier alpha value is -3.85. The Labute approximate surface area is 283 Å². The molecular formula is C44H54O3. The van der Waals surface area contributed by atoms with Crippen molar-refractivity contribution in [2.24, 2.45) is 17.8 Å². The highest BCUT2D eigenvalue weighted by Crippen LogP contribution is 2.38. The molecule has 0 saturated heterocycles. The minimum Gasteiger partial charge on any atom is -0.300 e. The lowest BCUT2D eigenvalue weighted by Crippen LogP contribution is -2.30. The Bertz CT molecular complexity index is 1590. The minimum atomic E-state index is -0.0977. The Morgan fingerprint density at radius 2 is 1.51 bits per heavy atom. The molecule has 0 aliphatic heterocycles. The molecule has 0 saturated carbocycles. The quantitative estimate of drug-likeness (QED) is 0.177. The van der Waals surface area contributed by atoms with E-state index in [4.69, 9.17) is 0 Å². The zero-order valence-corrected chi connectivity index (χ0v) is 29.5. The predicted octanol–water partition coefficient (Wildman–Crippen LogP) is 11.2. The van der Waals surface area contributed by atoms with Gasteiger partial charge < -0.3 is 0 Å². The van der Waals surface area contributed by atoms with Crippen LogP contribution in [0.2, 0.25) is 0 Å². The highest BCUT2D eigenvalue weighted by molar-refractivity contribution is 6.00. The first-order valence-electron chi connectivity index (χ1n) is 17.9. The van der Waals surface area contributed by atoms with Crippen LogP contribution in [-0.4, -0.2) is 17.3 Å². The first-order chi connectivity index (χ1) is 22.7. The van der Waals surface area contributed by atoms with E-state index in [0.717, 1.165) is 61.6 Å². The second kappa shape index (κ2) is 17.3. The molecule has 0 bridgehead atoms. The van der Waals surface area contributed by atoms with Crippen molar-refractivity contribution in [1.29, 1.82) is 0 Å². The maximum Gasteiger partial charge on any atom is 0.163 e. The van der Waals surface area contributed by atoms with Gasteiger partial charge in [-0.1, -0.05) is 131 Å². The van der Waals surface area contributed by atoms with Crippen LogP contribution >= 0.6 is 0 Å². The van der Waals surface area contributed by atoms with Crippen molar-refractivity contribution >= 4 is 22.9 Å². The van der Waals surface area contributed by atoms with E-state index in [1.807, 2.05) is 6.07 Å². The number of Topliss-reactive ketones (excluding diaryl/α,β-unsaturated/α-hetero) is 3. The van der Waals surface area contributed by atoms with E-state index in [0.29, 0.717) is 6.42 Å². The Kier molecular flexibility index (Phi) is 13.3. The maximum absolute atomic E-state index is 13.6. The van der Waals surface area contributed by atoms with Crippen molar-refractivity contribution in [3.05, 3.63) is 112 Å². The van der Waals surface area contributed by atoms with Crippen LogP contribution in [0.5, 0.6) is 0 Å². The van der Waals surface area contributed by atoms with Gasteiger partial charge >= 0.3 is 0 Å².